The summed E-state index contributed by atoms with van der Waals surface area (Å²) in [6.07, 6.45) is 2.26. The maximum Gasteiger partial charge on any atom is 0.264 e. The maximum absolute atomic E-state index is 14.0. The lowest BCUT2D eigenvalue weighted by molar-refractivity contribution is -0.140. The summed E-state index contributed by atoms with van der Waals surface area (Å²) in [5, 5.41) is 3.45. The Bertz CT molecular complexity index is 1390. The molecule has 10 heteroatoms. The first-order valence-corrected chi connectivity index (χ1v) is 16.1. The molecule has 0 aliphatic heterocycles. The van der Waals surface area contributed by atoms with E-state index in [4.69, 9.17) is 11.6 Å². The van der Waals surface area contributed by atoms with Crippen molar-refractivity contribution < 1.29 is 18.0 Å². The SMILES string of the molecule is CCC(C(=O)NC(C)C)N(Cc1ccc(Cl)cc1)C(=O)CN(c1ccc(C)cc1)S(=O)(=O)c1ccc(SC)cc1. The molecule has 0 heterocycles. The molecule has 0 bridgehead atoms. The number of carbonyl (C=O) groups is 2. The predicted octanol–water partition coefficient (Wildman–Crippen LogP) is 5.90. The number of aryl methyl sites for hydroxylation is 1. The van der Waals surface area contributed by atoms with Crippen molar-refractivity contribution in [1.82, 2.24) is 10.2 Å². The number of thioether (sulfide) groups is 1. The van der Waals surface area contributed by atoms with E-state index in [-0.39, 0.29) is 23.4 Å². The lowest BCUT2D eigenvalue weighted by Gasteiger charge is -2.33. The highest BCUT2D eigenvalue weighted by molar-refractivity contribution is 7.98. The van der Waals surface area contributed by atoms with E-state index in [9.17, 15) is 18.0 Å². The van der Waals surface area contributed by atoms with Gasteiger partial charge in [-0.1, -0.05) is 48.4 Å². The first-order chi connectivity index (χ1) is 19.0. The van der Waals surface area contributed by atoms with Gasteiger partial charge in [0.15, 0.2) is 0 Å². The third-order valence-corrected chi connectivity index (χ3v) is 9.11. The maximum atomic E-state index is 14.0. The first kappa shape index (κ1) is 31.5. The Hall–Kier alpha value is -3.01. The van der Waals surface area contributed by atoms with Gasteiger partial charge in [-0.25, -0.2) is 8.42 Å². The van der Waals surface area contributed by atoms with Gasteiger partial charge in [-0.15, -0.1) is 11.8 Å². The van der Waals surface area contributed by atoms with Crippen molar-refractivity contribution in [3.8, 4) is 0 Å². The normalized spacial score (nSPS) is 12.2. The summed E-state index contributed by atoms with van der Waals surface area (Å²) in [5.74, 6) is -0.789. The van der Waals surface area contributed by atoms with Crippen molar-refractivity contribution in [2.75, 3.05) is 17.1 Å². The van der Waals surface area contributed by atoms with Gasteiger partial charge >= 0.3 is 0 Å². The standard InChI is InChI=1S/C30H36ClN3O4S2/c1-6-28(30(36)32-21(2)3)33(19-23-9-11-24(31)12-10-23)29(35)20-34(25-13-7-22(4)8-14-25)40(37,38)27-17-15-26(39-5)16-18-27/h7-18,21,28H,6,19-20H2,1-5H3,(H,32,36). The summed E-state index contributed by atoms with van der Waals surface area (Å²) in [7, 11) is -4.11. The van der Waals surface area contributed by atoms with E-state index in [0.717, 1.165) is 20.3 Å². The Labute approximate surface area is 247 Å². The van der Waals surface area contributed by atoms with E-state index in [2.05, 4.69) is 5.32 Å². The van der Waals surface area contributed by atoms with Crippen molar-refractivity contribution in [2.24, 2.45) is 0 Å². The van der Waals surface area contributed by atoms with Crippen LogP contribution in [0.3, 0.4) is 0 Å². The number of amides is 2. The fraction of sp³-hybridized carbons (Fsp3) is 0.333. The Morgan fingerprint density at radius 3 is 2.08 bits per heavy atom. The molecular formula is C30H36ClN3O4S2. The van der Waals surface area contributed by atoms with Crippen LogP contribution in [0.15, 0.2) is 82.6 Å². The largest absolute Gasteiger partial charge is 0.352 e. The molecule has 2 amide bonds. The van der Waals surface area contributed by atoms with Crippen molar-refractivity contribution in [1.29, 1.82) is 0 Å². The number of nitrogens with zero attached hydrogens (tertiary/aromatic N) is 2. The van der Waals surface area contributed by atoms with Crippen LogP contribution in [-0.2, 0) is 26.2 Å². The van der Waals surface area contributed by atoms with Crippen molar-refractivity contribution in [3.63, 3.8) is 0 Å². The zero-order valence-corrected chi connectivity index (χ0v) is 25.8. The summed E-state index contributed by atoms with van der Waals surface area (Å²) in [6, 6.07) is 19.6. The van der Waals surface area contributed by atoms with Crippen LogP contribution in [-0.4, -0.2) is 50.0 Å². The van der Waals surface area contributed by atoms with Gasteiger partial charge in [0.1, 0.15) is 12.6 Å². The minimum atomic E-state index is -4.11. The van der Waals surface area contributed by atoms with Crippen molar-refractivity contribution >= 4 is 50.9 Å². The highest BCUT2D eigenvalue weighted by Crippen LogP contribution is 2.27. The van der Waals surface area contributed by atoms with Gasteiger partial charge in [-0.2, -0.15) is 0 Å². The Morgan fingerprint density at radius 2 is 1.55 bits per heavy atom. The molecule has 214 valence electrons. The van der Waals surface area contributed by atoms with Gasteiger partial charge in [-0.05, 0) is 87.5 Å². The molecule has 3 aromatic rings. The van der Waals surface area contributed by atoms with E-state index in [0.29, 0.717) is 17.1 Å². The van der Waals surface area contributed by atoms with Crippen LogP contribution in [0.1, 0.15) is 38.3 Å². The molecule has 0 aliphatic carbocycles. The third-order valence-electron chi connectivity index (χ3n) is 6.33. The second-order valence-electron chi connectivity index (χ2n) is 9.76. The second kappa shape index (κ2) is 14.1. The highest BCUT2D eigenvalue weighted by atomic mass is 35.5. The van der Waals surface area contributed by atoms with Crippen LogP contribution in [0, 0.1) is 6.92 Å². The summed E-state index contributed by atoms with van der Waals surface area (Å²) >= 11 is 7.57. The molecule has 3 aromatic carbocycles. The summed E-state index contributed by atoms with van der Waals surface area (Å²) < 4.78 is 29.0. The van der Waals surface area contributed by atoms with Crippen LogP contribution in [0.4, 0.5) is 5.69 Å². The monoisotopic (exact) mass is 601 g/mol. The average molecular weight is 602 g/mol. The molecule has 1 unspecified atom stereocenters. The molecule has 0 fully saturated rings. The Morgan fingerprint density at radius 1 is 0.950 bits per heavy atom. The second-order valence-corrected chi connectivity index (χ2v) is 12.9. The number of sulfonamides is 1. The molecule has 3 rings (SSSR count). The summed E-state index contributed by atoms with van der Waals surface area (Å²) in [6.45, 7) is 7.07. The van der Waals surface area contributed by atoms with Crippen LogP contribution in [0.2, 0.25) is 5.02 Å². The fourth-order valence-electron chi connectivity index (χ4n) is 4.20. The number of carbonyl (C=O) groups excluding carboxylic acids is 2. The molecular weight excluding hydrogens is 566 g/mol. The number of hydrogen-bond acceptors (Lipinski definition) is 5. The molecule has 1 N–H and O–H groups in total. The van der Waals surface area contributed by atoms with E-state index in [1.165, 1.54) is 16.7 Å². The molecule has 40 heavy (non-hydrogen) atoms. The van der Waals surface area contributed by atoms with Gasteiger partial charge < -0.3 is 10.2 Å². The zero-order valence-electron chi connectivity index (χ0n) is 23.4. The Balaban J connectivity index is 2.05. The lowest BCUT2D eigenvalue weighted by atomic mass is 10.1. The van der Waals surface area contributed by atoms with Crippen molar-refractivity contribution in [2.45, 2.75) is 62.5 Å². The average Bonchev–Trinajstić information content (AvgIpc) is 2.92. The van der Waals surface area contributed by atoms with Crippen LogP contribution >= 0.6 is 23.4 Å². The highest BCUT2D eigenvalue weighted by Gasteiger charge is 2.33. The zero-order chi connectivity index (χ0) is 29.4. The lowest BCUT2D eigenvalue weighted by Crippen LogP contribution is -2.53. The number of benzene rings is 3. The fourth-order valence-corrected chi connectivity index (χ4v) is 6.15. The van der Waals surface area contributed by atoms with Gasteiger partial charge in [0.05, 0.1) is 10.6 Å². The number of anilines is 1. The van der Waals surface area contributed by atoms with E-state index >= 15 is 0 Å². The molecule has 0 aliphatic rings. The molecule has 0 aromatic heterocycles. The summed E-state index contributed by atoms with van der Waals surface area (Å²) in [4.78, 5) is 29.7. The minimum Gasteiger partial charge on any atom is -0.352 e. The number of halogens is 1. The van der Waals surface area contributed by atoms with Crippen molar-refractivity contribution in [3.05, 3.63) is 88.9 Å². The summed E-state index contributed by atoms with van der Waals surface area (Å²) in [5.41, 5.74) is 2.09. The quantitative estimate of drug-likeness (QED) is 0.261. The van der Waals surface area contributed by atoms with Gasteiger partial charge in [-0.3, -0.25) is 13.9 Å². The molecule has 0 spiro atoms. The van der Waals surface area contributed by atoms with E-state index < -0.39 is 28.5 Å². The number of hydrogen-bond donors (Lipinski definition) is 1. The van der Waals surface area contributed by atoms with Gasteiger partial charge in [0.25, 0.3) is 10.0 Å². The molecule has 0 saturated carbocycles. The Kier molecular flexibility index (Phi) is 11.1. The molecule has 1 atom stereocenters. The van der Waals surface area contributed by atoms with E-state index in [1.54, 1.807) is 72.8 Å². The topological polar surface area (TPSA) is 86.8 Å². The molecule has 0 saturated heterocycles. The molecule has 0 radical (unpaired) electrons. The number of nitrogens with one attached hydrogen (secondary N) is 1. The van der Waals surface area contributed by atoms with Gasteiger partial charge in [0, 0.05) is 22.5 Å². The third kappa shape index (κ3) is 8.02. The van der Waals surface area contributed by atoms with Crippen LogP contribution in [0.5, 0.6) is 0 Å². The van der Waals surface area contributed by atoms with E-state index in [1.807, 2.05) is 34.0 Å². The molecule has 7 nitrogen and oxygen atoms in total. The smallest absolute Gasteiger partial charge is 0.264 e. The number of rotatable bonds is 12. The van der Waals surface area contributed by atoms with Crippen LogP contribution in [0.25, 0.3) is 0 Å². The minimum absolute atomic E-state index is 0.0764. The van der Waals surface area contributed by atoms with Crippen LogP contribution < -0.4 is 9.62 Å². The predicted molar refractivity (Wildman–Crippen MR) is 163 cm³/mol. The first-order valence-electron chi connectivity index (χ1n) is 13.0. The van der Waals surface area contributed by atoms with Gasteiger partial charge in [0.2, 0.25) is 11.8 Å².